The molecule has 47 heavy (non-hydrogen) atoms. The van der Waals surface area contributed by atoms with E-state index in [-0.39, 0.29) is 37.9 Å². The highest BCUT2D eigenvalue weighted by Gasteiger charge is 2.74. The smallest absolute Gasteiger partial charge is 0.313 e. The van der Waals surface area contributed by atoms with E-state index in [2.05, 4.69) is 5.32 Å². The van der Waals surface area contributed by atoms with E-state index < -0.39 is 59.5 Å². The maximum Gasteiger partial charge on any atom is 0.313 e. The molecule has 3 amide bonds. The van der Waals surface area contributed by atoms with Gasteiger partial charge in [0.05, 0.1) is 41.9 Å². The summed E-state index contributed by atoms with van der Waals surface area (Å²) >= 11 is 6.73. The zero-order chi connectivity index (χ0) is 33.5. The number of hydrogen-bond donors (Lipinski definition) is 2. The first-order valence-corrected chi connectivity index (χ1v) is 16.5. The predicted octanol–water partition coefficient (Wildman–Crippen LogP) is 3.90. The van der Waals surface area contributed by atoms with Gasteiger partial charge < -0.3 is 29.7 Å². The monoisotopic (exact) mass is 661 g/mol. The third-order valence-electron chi connectivity index (χ3n) is 9.76. The Morgan fingerprint density at radius 1 is 1.04 bits per heavy atom. The number of para-hydroxylation sites is 1. The lowest BCUT2D eigenvalue weighted by Crippen LogP contribution is -2.59. The van der Waals surface area contributed by atoms with Crippen molar-refractivity contribution in [3.8, 4) is 0 Å². The van der Waals surface area contributed by atoms with Crippen molar-refractivity contribution in [3.63, 3.8) is 0 Å². The van der Waals surface area contributed by atoms with Crippen LogP contribution < -0.4 is 10.2 Å². The number of cyclic esters (lactones) is 1. The van der Waals surface area contributed by atoms with Crippen LogP contribution in [0.25, 0.3) is 0 Å². The van der Waals surface area contributed by atoms with Gasteiger partial charge in [-0.15, -0.1) is 0 Å². The van der Waals surface area contributed by atoms with Gasteiger partial charge in [0.1, 0.15) is 23.7 Å². The molecule has 2 aromatic carbocycles. The average molecular weight is 662 g/mol. The maximum absolute atomic E-state index is 15.1. The Bertz CT molecular complexity index is 1590. The molecular formula is C36H40ClN3O7. The van der Waals surface area contributed by atoms with Crippen LogP contribution in [0.15, 0.2) is 72.8 Å². The van der Waals surface area contributed by atoms with Crippen LogP contribution >= 0.6 is 11.6 Å². The Hall–Kier alpha value is -3.99. The van der Waals surface area contributed by atoms with Gasteiger partial charge >= 0.3 is 5.97 Å². The lowest BCUT2D eigenvalue weighted by molar-refractivity contribution is -0.160. The van der Waals surface area contributed by atoms with Gasteiger partial charge in [-0.2, -0.15) is 0 Å². The minimum atomic E-state index is -1.48. The maximum atomic E-state index is 15.1. The number of nitrogens with zero attached hydrogens (tertiary/aromatic N) is 2. The number of rotatable bonds is 5. The van der Waals surface area contributed by atoms with Crippen molar-refractivity contribution in [2.24, 2.45) is 17.8 Å². The van der Waals surface area contributed by atoms with Gasteiger partial charge in [0.25, 0.3) is 5.91 Å². The van der Waals surface area contributed by atoms with Gasteiger partial charge in [0.15, 0.2) is 0 Å². The van der Waals surface area contributed by atoms with Crippen LogP contribution in [-0.2, 0) is 28.7 Å². The minimum absolute atomic E-state index is 0.0445. The van der Waals surface area contributed by atoms with Crippen molar-refractivity contribution < 1.29 is 33.8 Å². The number of carbonyl (C=O) groups excluding carboxylic acids is 4. The molecule has 2 N–H and O–H groups in total. The number of carbonyl (C=O) groups is 4. The van der Waals surface area contributed by atoms with Crippen LogP contribution in [0.5, 0.6) is 0 Å². The first-order valence-electron chi connectivity index (χ1n) is 16.1. The van der Waals surface area contributed by atoms with Crippen LogP contribution in [0.2, 0.25) is 5.02 Å². The number of benzene rings is 2. The number of allylic oxidation sites excluding steroid dienone is 1. The Balaban J connectivity index is 1.49. The summed E-state index contributed by atoms with van der Waals surface area (Å²) in [6.45, 7) is 5.35. The van der Waals surface area contributed by atoms with Crippen molar-refractivity contribution in [2.75, 3.05) is 24.6 Å². The van der Waals surface area contributed by atoms with Gasteiger partial charge in [-0.25, -0.2) is 0 Å². The fraction of sp³-hybridized carbons (Fsp3) is 0.444. The average Bonchev–Trinajstić information content (AvgIpc) is 3.69. The highest BCUT2D eigenvalue weighted by Crippen LogP contribution is 2.56. The lowest BCUT2D eigenvalue weighted by atomic mass is 9.74. The number of aryl methyl sites for hydroxylation is 1. The van der Waals surface area contributed by atoms with E-state index in [1.807, 2.05) is 63.2 Å². The number of nitrogens with one attached hydrogen (secondary N) is 1. The topological polar surface area (TPSA) is 125 Å². The summed E-state index contributed by atoms with van der Waals surface area (Å²) < 4.78 is 12.6. The number of halogens is 1. The third kappa shape index (κ3) is 5.76. The fourth-order valence-corrected chi connectivity index (χ4v) is 7.78. The number of amides is 3. The Morgan fingerprint density at radius 3 is 2.51 bits per heavy atom. The molecule has 4 aliphatic rings. The Morgan fingerprint density at radius 2 is 1.81 bits per heavy atom. The van der Waals surface area contributed by atoms with Gasteiger partial charge in [-0.1, -0.05) is 92.2 Å². The molecule has 2 aromatic rings. The molecule has 5 bridgehead atoms. The molecule has 2 saturated heterocycles. The summed E-state index contributed by atoms with van der Waals surface area (Å²) in [5.74, 6) is -4.13. The number of aliphatic hydroxyl groups excluding tert-OH is 1. The molecule has 11 heteroatoms. The summed E-state index contributed by atoms with van der Waals surface area (Å²) in [6, 6.07) is 12.5. The largest absolute Gasteiger partial charge is 0.455 e. The second-order valence-corrected chi connectivity index (χ2v) is 13.4. The number of ether oxygens (including phenoxy) is 2. The first-order chi connectivity index (χ1) is 22.6. The standard InChI is InChI=1S/C36H40ClN3O7/c1-21(2)25(20-41)40-32-34(44)39(31-22(3)11-10-14-24(31)37)18-9-5-8-15-28(42)38-19-27(23-12-6-4-7-13-23)46-35(45)29-26-16-17-36(32,47-26)30(29)33(40)43/h4-7,9-14,16-17,21,25-27,29-30,32,41H,8,15,18-20H2,1-3H3,(H,38,42)/b9-5-/t25-,26+,27+,29-,30-,32+,36-/m0/s1. The lowest BCUT2D eigenvalue weighted by Gasteiger charge is -2.40. The molecule has 2 fully saturated rings. The quantitative estimate of drug-likeness (QED) is 0.368. The van der Waals surface area contributed by atoms with E-state index in [4.69, 9.17) is 21.1 Å². The molecule has 0 radical (unpaired) electrons. The van der Waals surface area contributed by atoms with E-state index in [1.165, 1.54) is 9.80 Å². The summed E-state index contributed by atoms with van der Waals surface area (Å²) in [5.41, 5.74) is 0.436. The number of fused-ring (bicyclic) bond motifs is 2. The highest BCUT2D eigenvalue weighted by molar-refractivity contribution is 6.34. The molecule has 10 nitrogen and oxygen atoms in total. The van der Waals surface area contributed by atoms with E-state index in [0.29, 0.717) is 22.7 Å². The van der Waals surface area contributed by atoms with Gasteiger partial charge in [-0.05, 0) is 36.5 Å². The van der Waals surface area contributed by atoms with Crippen LogP contribution in [0.3, 0.4) is 0 Å². The van der Waals surface area contributed by atoms with Crippen LogP contribution in [-0.4, -0.2) is 77.2 Å². The van der Waals surface area contributed by atoms with Crippen LogP contribution in [0.1, 0.15) is 43.9 Å². The Labute approximate surface area is 279 Å². The Kier molecular flexibility index (Phi) is 9.29. The number of likely N-dealkylation sites (tertiary alicyclic amines) is 1. The van der Waals surface area contributed by atoms with Gasteiger partial charge in [-0.3, -0.25) is 19.2 Å². The molecule has 7 atom stereocenters. The predicted molar refractivity (Wildman–Crippen MR) is 175 cm³/mol. The molecule has 0 aliphatic carbocycles. The summed E-state index contributed by atoms with van der Waals surface area (Å²) in [6.07, 6.45) is 6.06. The van der Waals surface area contributed by atoms with Crippen molar-refractivity contribution in [3.05, 3.63) is 89.0 Å². The molecule has 1 spiro atoms. The number of aliphatic hydroxyl groups is 1. The molecule has 248 valence electrons. The number of hydrogen-bond acceptors (Lipinski definition) is 7. The van der Waals surface area contributed by atoms with Gasteiger partial charge in [0.2, 0.25) is 11.8 Å². The third-order valence-corrected chi connectivity index (χ3v) is 10.1. The minimum Gasteiger partial charge on any atom is -0.455 e. The molecule has 0 unspecified atom stereocenters. The van der Waals surface area contributed by atoms with E-state index in [9.17, 15) is 19.5 Å². The molecule has 4 aliphatic heterocycles. The van der Waals surface area contributed by atoms with E-state index in [0.717, 1.165) is 5.56 Å². The van der Waals surface area contributed by atoms with E-state index in [1.54, 1.807) is 30.4 Å². The summed E-state index contributed by atoms with van der Waals surface area (Å²) in [7, 11) is 0. The molecule has 0 aromatic heterocycles. The molecular weight excluding hydrogens is 622 g/mol. The van der Waals surface area contributed by atoms with E-state index >= 15 is 4.79 Å². The summed E-state index contributed by atoms with van der Waals surface area (Å²) in [4.78, 5) is 59.6. The first kappa shape index (κ1) is 32.9. The number of anilines is 1. The fourth-order valence-electron chi connectivity index (χ4n) is 7.46. The number of esters is 1. The van der Waals surface area contributed by atoms with Crippen molar-refractivity contribution in [2.45, 2.75) is 63.5 Å². The highest BCUT2D eigenvalue weighted by atomic mass is 35.5. The van der Waals surface area contributed by atoms with Crippen LogP contribution in [0, 0.1) is 24.7 Å². The zero-order valence-electron chi connectivity index (χ0n) is 26.7. The van der Waals surface area contributed by atoms with Crippen LogP contribution in [0.4, 0.5) is 5.69 Å². The summed E-state index contributed by atoms with van der Waals surface area (Å²) in [5, 5.41) is 13.8. The second kappa shape index (κ2) is 13.3. The van der Waals surface area contributed by atoms with Crippen molar-refractivity contribution in [1.82, 2.24) is 10.2 Å². The second-order valence-electron chi connectivity index (χ2n) is 12.9. The van der Waals surface area contributed by atoms with Crippen molar-refractivity contribution >= 4 is 41.0 Å². The van der Waals surface area contributed by atoms with Crippen molar-refractivity contribution in [1.29, 1.82) is 0 Å². The molecule has 4 heterocycles. The SMILES string of the molecule is Cc1cccc(Cl)c1N1C/C=C\CCC(=O)NC[C@H](c2ccccc2)OC(=O)[C@@H]2[C@H]3C(=O)N([C@@H](CO)C(C)C)[C@H](C1=O)[C@]31C=C[C@H]2O1. The molecule has 6 rings (SSSR count). The molecule has 0 saturated carbocycles. The van der Waals surface area contributed by atoms with Gasteiger partial charge in [0, 0.05) is 13.0 Å². The normalized spacial score (nSPS) is 30.8. The zero-order valence-corrected chi connectivity index (χ0v) is 27.4.